The molecular formula is C88H95BN4. The first kappa shape index (κ1) is 61.9. The predicted octanol–water partition coefficient (Wildman–Crippen LogP) is 22.8. The number of fused-ring (bicyclic) bond motifs is 7. The highest BCUT2D eigenvalue weighted by atomic mass is 15.3. The summed E-state index contributed by atoms with van der Waals surface area (Å²) in [7, 11) is 0. The topological polar surface area (TPSA) is 13.0 Å². The average molecular weight is 1220 g/mol. The van der Waals surface area contributed by atoms with E-state index in [1.165, 1.54) is 130 Å². The van der Waals surface area contributed by atoms with Crippen molar-refractivity contribution in [3.05, 3.63) is 252 Å². The van der Waals surface area contributed by atoms with Gasteiger partial charge in [0.1, 0.15) is 0 Å². The first-order valence-electron chi connectivity index (χ1n) is 34.4. The lowest BCUT2D eigenvalue weighted by Gasteiger charge is -2.51. The van der Waals surface area contributed by atoms with Crippen molar-refractivity contribution in [2.75, 3.05) is 19.6 Å². The van der Waals surface area contributed by atoms with Crippen molar-refractivity contribution in [1.82, 2.24) is 0 Å². The van der Waals surface area contributed by atoms with E-state index in [0.29, 0.717) is 0 Å². The van der Waals surface area contributed by atoms with Crippen LogP contribution in [0.3, 0.4) is 0 Å². The molecule has 0 N–H and O–H groups in total. The third-order valence-electron chi connectivity index (χ3n) is 21.8. The summed E-state index contributed by atoms with van der Waals surface area (Å²) in [5.41, 5.74) is 29.4. The number of nitrogens with zero attached hydrogens (tertiary/aromatic N) is 4. The summed E-state index contributed by atoms with van der Waals surface area (Å²) in [6.07, 6.45) is 4.48. The van der Waals surface area contributed by atoms with Gasteiger partial charge in [0.2, 0.25) is 0 Å². The monoisotopic (exact) mass is 1220 g/mol. The van der Waals surface area contributed by atoms with Crippen molar-refractivity contribution in [3.63, 3.8) is 0 Å². The third-order valence-corrected chi connectivity index (χ3v) is 21.8. The number of hydrogen-bond donors (Lipinski definition) is 0. The number of hydrogen-bond acceptors (Lipinski definition) is 4. The molecule has 3 heterocycles. The van der Waals surface area contributed by atoms with Crippen molar-refractivity contribution in [1.29, 1.82) is 0 Å². The van der Waals surface area contributed by atoms with Gasteiger partial charge in [0.25, 0.3) is 6.71 Å². The molecule has 4 nitrogen and oxygen atoms in total. The molecule has 2 atom stereocenters. The minimum Gasteiger partial charge on any atom is -0.334 e. The molecule has 0 spiro atoms. The molecule has 2 unspecified atom stereocenters. The summed E-state index contributed by atoms with van der Waals surface area (Å²) in [5, 5.41) is 0. The Morgan fingerprint density at radius 2 is 0.753 bits per heavy atom. The Kier molecular flexibility index (Phi) is 14.7. The van der Waals surface area contributed by atoms with Crippen LogP contribution in [0.4, 0.5) is 62.6 Å². The SMILES string of the molecule is CC(C)(C)c1ccc(N(c2ccc(C(C)(C)C)cc2)c2ccc3c(c2)C2(C)CCCCC2(C)N3c2cc3c4c(c2)N(c2ccc(C(C)(C)C)cc2-c2ccccc2)c2cc(C(C)(C)C)ccc2B4c2ccccc2N3c2ccc(C(C)(C)C)cc2-c2ccccc2)cc1. The van der Waals surface area contributed by atoms with Gasteiger partial charge in [0.05, 0.1) is 16.9 Å². The first-order chi connectivity index (χ1) is 44.0. The van der Waals surface area contributed by atoms with Crippen LogP contribution >= 0.6 is 0 Å². The maximum atomic E-state index is 2.84. The van der Waals surface area contributed by atoms with Gasteiger partial charge < -0.3 is 19.6 Å². The fraction of sp³-hybridized carbons (Fsp3) is 0.318. The molecule has 0 aromatic heterocycles. The van der Waals surface area contributed by atoms with Gasteiger partial charge in [-0.3, -0.25) is 0 Å². The van der Waals surface area contributed by atoms with Gasteiger partial charge in [0.15, 0.2) is 0 Å². The first-order valence-corrected chi connectivity index (χ1v) is 34.4. The molecule has 3 aliphatic heterocycles. The summed E-state index contributed by atoms with van der Waals surface area (Å²) < 4.78 is 0. The predicted molar refractivity (Wildman–Crippen MR) is 402 cm³/mol. The largest absolute Gasteiger partial charge is 0.334 e. The Balaban J connectivity index is 1.08. The lowest BCUT2D eigenvalue weighted by Crippen LogP contribution is -2.61. The van der Waals surface area contributed by atoms with Gasteiger partial charge in [-0.2, -0.15) is 0 Å². The highest BCUT2D eigenvalue weighted by Gasteiger charge is 2.58. The molecule has 1 fully saturated rings. The van der Waals surface area contributed by atoms with E-state index in [1.807, 2.05) is 0 Å². The van der Waals surface area contributed by atoms with Gasteiger partial charge >= 0.3 is 0 Å². The normalized spacial score (nSPS) is 17.8. The number of para-hydroxylation sites is 1. The summed E-state index contributed by atoms with van der Waals surface area (Å²) in [5.74, 6) is 0. The molecule has 1 saturated carbocycles. The van der Waals surface area contributed by atoms with E-state index in [0.717, 1.165) is 30.6 Å². The van der Waals surface area contributed by atoms with Crippen LogP contribution in [0.1, 0.15) is 177 Å². The van der Waals surface area contributed by atoms with Crippen LogP contribution < -0.4 is 36.0 Å². The Morgan fingerprint density at radius 1 is 0.344 bits per heavy atom. The van der Waals surface area contributed by atoms with Gasteiger partial charge in [-0.1, -0.05) is 251 Å². The van der Waals surface area contributed by atoms with Gasteiger partial charge in [0, 0.05) is 67.7 Å². The lowest BCUT2D eigenvalue weighted by molar-refractivity contribution is 0.195. The maximum Gasteiger partial charge on any atom is 0.252 e. The van der Waals surface area contributed by atoms with Crippen LogP contribution in [0.25, 0.3) is 22.3 Å². The zero-order valence-corrected chi connectivity index (χ0v) is 58.5. The van der Waals surface area contributed by atoms with E-state index in [1.54, 1.807) is 0 Å². The molecule has 10 aromatic carbocycles. The average Bonchev–Trinajstić information content (AvgIpc) is 0.907. The molecule has 1 aliphatic carbocycles. The fourth-order valence-corrected chi connectivity index (χ4v) is 16.1. The smallest absolute Gasteiger partial charge is 0.252 e. The van der Waals surface area contributed by atoms with Crippen LogP contribution in [0, 0.1) is 0 Å². The number of rotatable bonds is 8. The fourth-order valence-electron chi connectivity index (χ4n) is 16.1. The quantitative estimate of drug-likeness (QED) is 0.141. The van der Waals surface area contributed by atoms with Crippen LogP contribution in [-0.4, -0.2) is 12.3 Å². The van der Waals surface area contributed by atoms with Crippen molar-refractivity contribution < 1.29 is 0 Å². The molecule has 470 valence electrons. The maximum absolute atomic E-state index is 2.84. The molecule has 0 amide bonds. The van der Waals surface area contributed by atoms with E-state index in [-0.39, 0.29) is 44.7 Å². The van der Waals surface area contributed by atoms with Crippen molar-refractivity contribution >= 4 is 85.7 Å². The second-order valence-electron chi connectivity index (χ2n) is 33.1. The second kappa shape index (κ2) is 22.0. The molecule has 10 aromatic rings. The van der Waals surface area contributed by atoms with Crippen LogP contribution in [0.2, 0.25) is 0 Å². The molecule has 0 radical (unpaired) electrons. The summed E-state index contributed by atoms with van der Waals surface area (Å²) in [6, 6.07) is 85.3. The van der Waals surface area contributed by atoms with E-state index in [9.17, 15) is 0 Å². The number of anilines is 11. The molecular weight excluding hydrogens is 1120 g/mol. The van der Waals surface area contributed by atoms with E-state index in [2.05, 4.69) is 356 Å². The van der Waals surface area contributed by atoms with Crippen molar-refractivity contribution in [3.8, 4) is 22.3 Å². The molecule has 5 heteroatoms. The lowest BCUT2D eigenvalue weighted by atomic mass is 9.33. The van der Waals surface area contributed by atoms with Crippen LogP contribution in [0.15, 0.2) is 218 Å². The van der Waals surface area contributed by atoms with Crippen LogP contribution in [0.5, 0.6) is 0 Å². The van der Waals surface area contributed by atoms with Crippen molar-refractivity contribution in [2.45, 2.75) is 181 Å². The summed E-state index contributed by atoms with van der Waals surface area (Å²) in [6.45, 7) is 40.2. The third kappa shape index (κ3) is 10.4. The summed E-state index contributed by atoms with van der Waals surface area (Å²) >= 11 is 0. The second-order valence-corrected chi connectivity index (χ2v) is 33.1. The molecule has 4 aliphatic rings. The molecule has 14 rings (SSSR count). The van der Waals surface area contributed by atoms with Crippen LogP contribution in [-0.2, 0) is 32.5 Å². The highest BCUT2D eigenvalue weighted by molar-refractivity contribution is 7.00. The Labute approximate surface area is 557 Å². The standard InChI is InChI=1S/C88H95BN4/c1-82(2,3)60-34-41-65(42-35-60)90(66-43-36-61(37-44-66)83(4,5)6)67-45-49-76-71(55-67)87(16)50-26-27-51-88(87,17)93(76)68-56-79-81-80(57-68)92(75-48-40-63(85(10,11)12)53-70(75)59-30-22-19-23-31-59)78-54-64(86(13,14)15)38-46-73(78)89(81)72-32-24-25-33-77(72)91(79)74-47-39-62(84(7,8)9)52-69(74)58-28-20-18-21-29-58/h18-25,28-49,52-57H,26-27,50-51H2,1-17H3. The minimum absolute atomic E-state index is 0.0309. The zero-order valence-electron chi connectivity index (χ0n) is 58.5. The van der Waals surface area contributed by atoms with Gasteiger partial charge in [-0.05, 0) is 199 Å². The minimum atomic E-state index is -0.290. The van der Waals surface area contributed by atoms with Gasteiger partial charge in [-0.25, -0.2) is 0 Å². The van der Waals surface area contributed by atoms with E-state index in [4.69, 9.17) is 0 Å². The Hall–Kier alpha value is -8.54. The zero-order chi connectivity index (χ0) is 65.5. The molecule has 0 bridgehead atoms. The molecule has 93 heavy (non-hydrogen) atoms. The summed E-state index contributed by atoms with van der Waals surface area (Å²) in [4.78, 5) is 10.7. The Morgan fingerprint density at radius 3 is 1.26 bits per heavy atom. The number of benzene rings is 10. The Bertz CT molecular complexity index is 4450. The molecule has 0 saturated heterocycles. The highest BCUT2D eigenvalue weighted by Crippen LogP contribution is 2.63. The van der Waals surface area contributed by atoms with Crippen molar-refractivity contribution in [2.24, 2.45) is 0 Å². The van der Waals surface area contributed by atoms with E-state index < -0.39 is 0 Å². The van der Waals surface area contributed by atoms with E-state index >= 15 is 0 Å². The van der Waals surface area contributed by atoms with Gasteiger partial charge in [-0.15, -0.1) is 0 Å².